The highest BCUT2D eigenvalue weighted by Crippen LogP contribution is 2.14. The molecule has 1 aromatic heterocycles. The van der Waals surface area contributed by atoms with Crippen LogP contribution in [-0.2, 0) is 7.05 Å². The third-order valence-electron chi connectivity index (χ3n) is 2.64. The molecule has 0 aromatic carbocycles. The predicted octanol–water partition coefficient (Wildman–Crippen LogP) is 0.826. The first-order valence-corrected chi connectivity index (χ1v) is 5.77. The van der Waals surface area contributed by atoms with Crippen molar-refractivity contribution < 1.29 is 14.8 Å². The van der Waals surface area contributed by atoms with E-state index in [1.165, 1.54) is 23.7 Å². The zero-order valence-corrected chi connectivity index (χ0v) is 10.3. The number of amides is 1. The number of hydrogen-bond acceptors (Lipinski definition) is 4. The van der Waals surface area contributed by atoms with E-state index >= 15 is 0 Å². The number of aliphatic hydroxyl groups is 1. The van der Waals surface area contributed by atoms with Crippen LogP contribution in [0.15, 0.2) is 12.1 Å². The second kappa shape index (κ2) is 6.75. The molecule has 18 heavy (non-hydrogen) atoms. The molecule has 0 aliphatic carbocycles. The van der Waals surface area contributed by atoms with Crippen molar-refractivity contribution in [2.75, 3.05) is 13.2 Å². The molecule has 7 heteroatoms. The Morgan fingerprint density at radius 3 is 2.72 bits per heavy atom. The van der Waals surface area contributed by atoms with Gasteiger partial charge in [0.25, 0.3) is 5.91 Å². The standard InChI is InChI=1S/C11H17N3O4/c1-13-9(5-6-10(13)14(17)18)11(16)12-7-3-2-4-8-15/h5-6,15H,2-4,7-8H2,1H3,(H,12,16). The minimum absolute atomic E-state index is 0.111. The summed E-state index contributed by atoms with van der Waals surface area (Å²) in [4.78, 5) is 21.8. The van der Waals surface area contributed by atoms with Crippen LogP contribution < -0.4 is 5.32 Å². The lowest BCUT2D eigenvalue weighted by Gasteiger charge is -2.03. The summed E-state index contributed by atoms with van der Waals surface area (Å²) in [5.41, 5.74) is 0.267. The average molecular weight is 255 g/mol. The molecule has 0 aliphatic rings. The van der Waals surface area contributed by atoms with E-state index in [0.29, 0.717) is 13.0 Å². The number of carbonyl (C=O) groups excluding carboxylic acids is 1. The third kappa shape index (κ3) is 3.56. The first kappa shape index (κ1) is 14.2. The molecule has 0 unspecified atom stereocenters. The highest BCUT2D eigenvalue weighted by Gasteiger charge is 2.19. The summed E-state index contributed by atoms with van der Waals surface area (Å²) < 4.78 is 1.25. The van der Waals surface area contributed by atoms with Crippen molar-refractivity contribution >= 4 is 11.7 Å². The van der Waals surface area contributed by atoms with Gasteiger partial charge in [0, 0.05) is 19.2 Å². The molecule has 0 bridgehead atoms. The molecule has 100 valence electrons. The van der Waals surface area contributed by atoms with Crippen molar-refractivity contribution in [2.24, 2.45) is 7.05 Å². The van der Waals surface area contributed by atoms with Gasteiger partial charge in [0.05, 0.1) is 7.05 Å². The Kier molecular flexibility index (Phi) is 5.31. The molecule has 1 rings (SSSR count). The third-order valence-corrected chi connectivity index (χ3v) is 2.64. The van der Waals surface area contributed by atoms with Gasteiger partial charge in [0.1, 0.15) is 0 Å². The van der Waals surface area contributed by atoms with E-state index in [1.54, 1.807) is 0 Å². The number of nitro groups is 1. The van der Waals surface area contributed by atoms with E-state index in [4.69, 9.17) is 5.11 Å². The molecule has 1 heterocycles. The summed E-state index contributed by atoms with van der Waals surface area (Å²) >= 11 is 0. The maximum Gasteiger partial charge on any atom is 0.323 e. The van der Waals surface area contributed by atoms with E-state index in [2.05, 4.69) is 5.32 Å². The van der Waals surface area contributed by atoms with Gasteiger partial charge in [-0.15, -0.1) is 0 Å². The smallest absolute Gasteiger partial charge is 0.323 e. The second-order valence-electron chi connectivity index (χ2n) is 3.93. The van der Waals surface area contributed by atoms with Gasteiger partial charge in [-0.1, -0.05) is 0 Å². The summed E-state index contributed by atoms with van der Waals surface area (Å²) in [5.74, 6) is -0.435. The number of nitrogens with zero attached hydrogens (tertiary/aromatic N) is 2. The fourth-order valence-electron chi connectivity index (χ4n) is 1.62. The van der Waals surface area contributed by atoms with Crippen LogP contribution in [0.5, 0.6) is 0 Å². The summed E-state index contributed by atoms with van der Waals surface area (Å²) in [6.45, 7) is 0.649. The first-order valence-electron chi connectivity index (χ1n) is 5.77. The van der Waals surface area contributed by atoms with Gasteiger partial charge in [0.2, 0.25) is 0 Å². The van der Waals surface area contributed by atoms with Gasteiger partial charge in [-0.05, 0) is 30.3 Å². The molecule has 0 fully saturated rings. The van der Waals surface area contributed by atoms with Crippen LogP contribution in [0.1, 0.15) is 29.8 Å². The number of hydrogen-bond donors (Lipinski definition) is 2. The Morgan fingerprint density at radius 2 is 2.17 bits per heavy atom. The SMILES string of the molecule is Cn1c(C(=O)NCCCCCO)ccc1[N+](=O)[O-]. The molecule has 0 radical (unpaired) electrons. The van der Waals surface area contributed by atoms with Crippen LogP contribution in [-0.4, -0.2) is 33.7 Å². The largest absolute Gasteiger partial charge is 0.396 e. The maximum absolute atomic E-state index is 11.7. The zero-order chi connectivity index (χ0) is 13.5. The van der Waals surface area contributed by atoms with Crippen LogP contribution >= 0.6 is 0 Å². The van der Waals surface area contributed by atoms with Crippen LogP contribution in [0, 0.1) is 10.1 Å². The first-order chi connectivity index (χ1) is 8.57. The second-order valence-corrected chi connectivity index (χ2v) is 3.93. The predicted molar refractivity (Wildman–Crippen MR) is 65.3 cm³/mol. The zero-order valence-electron chi connectivity index (χ0n) is 10.3. The molecule has 2 N–H and O–H groups in total. The van der Waals surface area contributed by atoms with Crippen LogP contribution in [0.3, 0.4) is 0 Å². The van der Waals surface area contributed by atoms with E-state index < -0.39 is 4.92 Å². The summed E-state index contributed by atoms with van der Waals surface area (Å²) in [7, 11) is 1.48. The fraction of sp³-hybridized carbons (Fsp3) is 0.545. The minimum Gasteiger partial charge on any atom is -0.396 e. The molecular weight excluding hydrogens is 238 g/mol. The normalized spacial score (nSPS) is 10.3. The van der Waals surface area contributed by atoms with Crippen molar-refractivity contribution in [1.29, 1.82) is 0 Å². The lowest BCUT2D eigenvalue weighted by Crippen LogP contribution is -2.26. The highest BCUT2D eigenvalue weighted by atomic mass is 16.6. The van der Waals surface area contributed by atoms with E-state index in [1.807, 2.05) is 0 Å². The number of nitrogens with one attached hydrogen (secondary N) is 1. The molecule has 1 aromatic rings. The maximum atomic E-state index is 11.7. The quantitative estimate of drug-likeness (QED) is 0.428. The van der Waals surface area contributed by atoms with Gasteiger partial charge in [-0.25, -0.2) is 4.57 Å². The van der Waals surface area contributed by atoms with Crippen molar-refractivity contribution in [3.63, 3.8) is 0 Å². The Morgan fingerprint density at radius 1 is 1.44 bits per heavy atom. The number of carbonyl (C=O) groups is 1. The Hall–Kier alpha value is -1.89. The molecule has 0 saturated carbocycles. The molecular formula is C11H17N3O4. The van der Waals surface area contributed by atoms with Gasteiger partial charge in [0.15, 0.2) is 5.69 Å². The monoisotopic (exact) mass is 255 g/mol. The summed E-state index contributed by atoms with van der Waals surface area (Å²) in [5, 5.41) is 21.9. The van der Waals surface area contributed by atoms with Crippen LogP contribution in [0.25, 0.3) is 0 Å². The highest BCUT2D eigenvalue weighted by molar-refractivity contribution is 5.93. The van der Waals surface area contributed by atoms with Crippen molar-refractivity contribution in [2.45, 2.75) is 19.3 Å². The van der Waals surface area contributed by atoms with Crippen LogP contribution in [0.4, 0.5) is 5.82 Å². The molecule has 1 amide bonds. The number of aliphatic hydroxyl groups excluding tert-OH is 1. The Bertz CT molecular complexity index is 428. The van der Waals surface area contributed by atoms with Gasteiger partial charge in [-0.2, -0.15) is 0 Å². The summed E-state index contributed by atoms with van der Waals surface area (Å²) in [6.07, 6.45) is 2.33. The van der Waals surface area contributed by atoms with Gasteiger partial charge < -0.3 is 20.5 Å². The lowest BCUT2D eigenvalue weighted by atomic mass is 10.2. The van der Waals surface area contributed by atoms with Crippen molar-refractivity contribution in [3.05, 3.63) is 27.9 Å². The van der Waals surface area contributed by atoms with Crippen molar-refractivity contribution in [1.82, 2.24) is 9.88 Å². The van der Waals surface area contributed by atoms with Gasteiger partial charge >= 0.3 is 5.82 Å². The molecule has 0 saturated heterocycles. The van der Waals surface area contributed by atoms with E-state index in [0.717, 1.165) is 12.8 Å². The number of unbranched alkanes of at least 4 members (excludes halogenated alkanes) is 2. The molecule has 0 spiro atoms. The lowest BCUT2D eigenvalue weighted by molar-refractivity contribution is -0.391. The topological polar surface area (TPSA) is 97.4 Å². The number of aromatic nitrogens is 1. The average Bonchev–Trinajstić information content (AvgIpc) is 2.70. The van der Waals surface area contributed by atoms with Gasteiger partial charge in [-0.3, -0.25) is 4.79 Å². The molecule has 0 atom stereocenters. The van der Waals surface area contributed by atoms with E-state index in [9.17, 15) is 14.9 Å². The molecule has 7 nitrogen and oxygen atoms in total. The van der Waals surface area contributed by atoms with E-state index in [-0.39, 0.29) is 24.0 Å². The van der Waals surface area contributed by atoms with Crippen LogP contribution in [0.2, 0.25) is 0 Å². The number of rotatable bonds is 7. The minimum atomic E-state index is -0.530. The molecule has 0 aliphatic heterocycles. The van der Waals surface area contributed by atoms with Crippen molar-refractivity contribution in [3.8, 4) is 0 Å². The Balaban J connectivity index is 2.49. The Labute approximate surface area is 105 Å². The fourth-order valence-corrected chi connectivity index (χ4v) is 1.62. The summed E-state index contributed by atoms with van der Waals surface area (Å²) in [6, 6.07) is 2.74.